The molecular weight excluding hydrogens is 451 g/mol. The van der Waals surface area contributed by atoms with E-state index in [9.17, 15) is 22.8 Å². The van der Waals surface area contributed by atoms with Gasteiger partial charge in [-0.1, -0.05) is 6.92 Å². The van der Waals surface area contributed by atoms with Gasteiger partial charge in [0.05, 0.1) is 11.7 Å². The van der Waals surface area contributed by atoms with Crippen molar-refractivity contribution in [1.82, 2.24) is 9.80 Å². The van der Waals surface area contributed by atoms with Crippen LogP contribution in [0.3, 0.4) is 0 Å². The standard InChI is InChI=1S/C24H34F3N3O4/c1-15-11-30(12-17-5-6-17)16(2)14-34-20-9-18(28-22(31)10-24(25,26)27)7-8-19(20)23(32)29(3)13-21(15)33-4/h7-9,15-17,21H,5-6,10-14H2,1-4H3,(H,28,31)/t15-,16-,21+/m1/s1. The highest BCUT2D eigenvalue weighted by atomic mass is 19.4. The van der Waals surface area contributed by atoms with E-state index in [0.29, 0.717) is 19.1 Å². The van der Waals surface area contributed by atoms with E-state index < -0.39 is 18.5 Å². The Balaban J connectivity index is 1.87. The van der Waals surface area contributed by atoms with Gasteiger partial charge in [-0.15, -0.1) is 0 Å². The molecule has 0 unspecified atom stereocenters. The predicted molar refractivity (Wildman–Crippen MR) is 122 cm³/mol. The third-order valence-electron chi connectivity index (χ3n) is 6.41. The molecule has 0 saturated heterocycles. The molecule has 34 heavy (non-hydrogen) atoms. The van der Waals surface area contributed by atoms with Gasteiger partial charge >= 0.3 is 6.18 Å². The zero-order chi connectivity index (χ0) is 25.0. The number of hydrogen-bond acceptors (Lipinski definition) is 5. The number of alkyl halides is 3. The average molecular weight is 486 g/mol. The lowest BCUT2D eigenvalue weighted by molar-refractivity contribution is -0.150. The molecule has 2 aliphatic rings. The number of benzene rings is 1. The van der Waals surface area contributed by atoms with Crippen molar-refractivity contribution in [1.29, 1.82) is 0 Å². The number of ether oxygens (including phenoxy) is 2. The van der Waals surface area contributed by atoms with E-state index in [0.717, 1.165) is 13.1 Å². The van der Waals surface area contributed by atoms with Crippen LogP contribution < -0.4 is 10.1 Å². The van der Waals surface area contributed by atoms with E-state index in [1.165, 1.54) is 31.0 Å². The molecule has 1 aliphatic heterocycles. The molecule has 2 amide bonds. The Hall–Kier alpha value is -2.33. The van der Waals surface area contributed by atoms with Gasteiger partial charge in [-0.2, -0.15) is 13.2 Å². The van der Waals surface area contributed by atoms with E-state index in [1.807, 2.05) is 0 Å². The highest BCUT2D eigenvalue weighted by Crippen LogP contribution is 2.32. The van der Waals surface area contributed by atoms with Gasteiger partial charge in [-0.05, 0) is 43.7 Å². The van der Waals surface area contributed by atoms with Crippen molar-refractivity contribution in [2.45, 2.75) is 51.4 Å². The topological polar surface area (TPSA) is 71.1 Å². The highest BCUT2D eigenvalue weighted by Gasteiger charge is 2.33. The largest absolute Gasteiger partial charge is 0.491 e. The number of carbonyl (C=O) groups excluding carboxylic acids is 2. The number of nitrogens with zero attached hydrogens (tertiary/aromatic N) is 2. The van der Waals surface area contributed by atoms with Gasteiger partial charge in [0.2, 0.25) is 5.91 Å². The molecule has 0 bridgehead atoms. The van der Waals surface area contributed by atoms with Crippen LogP contribution in [0.15, 0.2) is 18.2 Å². The van der Waals surface area contributed by atoms with Crippen LogP contribution in [0.25, 0.3) is 0 Å². The van der Waals surface area contributed by atoms with Gasteiger partial charge in [0, 0.05) is 51.6 Å². The number of amides is 2. The average Bonchev–Trinajstić information content (AvgIpc) is 3.56. The number of hydrogen-bond donors (Lipinski definition) is 1. The van der Waals surface area contributed by atoms with E-state index in [-0.39, 0.29) is 41.0 Å². The lowest BCUT2D eigenvalue weighted by atomic mass is 10.0. The van der Waals surface area contributed by atoms with E-state index >= 15 is 0 Å². The zero-order valence-electron chi connectivity index (χ0n) is 20.2. The molecule has 7 nitrogen and oxygen atoms in total. The van der Waals surface area contributed by atoms with Crippen molar-refractivity contribution in [3.8, 4) is 5.75 Å². The summed E-state index contributed by atoms with van der Waals surface area (Å²) in [6.07, 6.45) is -3.92. The van der Waals surface area contributed by atoms with Crippen molar-refractivity contribution in [2.75, 3.05) is 45.7 Å². The summed E-state index contributed by atoms with van der Waals surface area (Å²) in [4.78, 5) is 28.9. The lowest BCUT2D eigenvalue weighted by Crippen LogP contribution is -2.47. The fourth-order valence-electron chi connectivity index (χ4n) is 4.20. The molecule has 0 aromatic heterocycles. The minimum absolute atomic E-state index is 0.0455. The molecule has 1 saturated carbocycles. The maximum Gasteiger partial charge on any atom is 0.397 e. The molecule has 190 valence electrons. The minimum Gasteiger partial charge on any atom is -0.491 e. The summed E-state index contributed by atoms with van der Waals surface area (Å²) >= 11 is 0. The third-order valence-corrected chi connectivity index (χ3v) is 6.41. The van der Waals surface area contributed by atoms with Crippen molar-refractivity contribution in [3.05, 3.63) is 23.8 Å². The molecule has 0 spiro atoms. The molecular formula is C24H34F3N3O4. The minimum atomic E-state index is -4.61. The Morgan fingerprint density at radius 2 is 1.94 bits per heavy atom. The van der Waals surface area contributed by atoms with Gasteiger partial charge in [0.15, 0.2) is 0 Å². The number of anilines is 1. The number of carbonyl (C=O) groups is 2. The summed E-state index contributed by atoms with van der Waals surface area (Å²) < 4.78 is 49.4. The smallest absolute Gasteiger partial charge is 0.397 e. The third kappa shape index (κ3) is 7.33. The number of halogens is 3. The zero-order valence-corrected chi connectivity index (χ0v) is 20.2. The summed E-state index contributed by atoms with van der Waals surface area (Å²) in [5.41, 5.74) is 0.418. The molecule has 0 radical (unpaired) electrons. The Labute approximate surface area is 198 Å². The first-order chi connectivity index (χ1) is 16.0. The maximum atomic E-state index is 13.2. The van der Waals surface area contributed by atoms with Gasteiger partial charge in [0.25, 0.3) is 5.91 Å². The fraction of sp³-hybridized carbons (Fsp3) is 0.667. The fourth-order valence-corrected chi connectivity index (χ4v) is 4.20. The summed E-state index contributed by atoms with van der Waals surface area (Å²) in [7, 11) is 3.33. The molecule has 3 rings (SSSR count). The first-order valence-electron chi connectivity index (χ1n) is 11.6. The SMILES string of the molecule is CO[C@H]1CN(C)C(=O)c2ccc(NC(=O)CC(F)(F)F)cc2OC[C@@H](C)N(CC2CC2)C[C@H]1C. The Morgan fingerprint density at radius 1 is 1.24 bits per heavy atom. The van der Waals surface area contributed by atoms with Crippen LogP contribution in [0.4, 0.5) is 18.9 Å². The second-order valence-electron chi connectivity index (χ2n) is 9.55. The summed E-state index contributed by atoms with van der Waals surface area (Å²) in [6, 6.07) is 4.34. The summed E-state index contributed by atoms with van der Waals surface area (Å²) in [5, 5.41) is 2.24. The van der Waals surface area contributed by atoms with Crippen LogP contribution in [0.5, 0.6) is 5.75 Å². The van der Waals surface area contributed by atoms with E-state index in [2.05, 4.69) is 24.1 Å². The van der Waals surface area contributed by atoms with Crippen molar-refractivity contribution in [3.63, 3.8) is 0 Å². The number of fused-ring (bicyclic) bond motifs is 1. The molecule has 10 heteroatoms. The lowest BCUT2D eigenvalue weighted by Gasteiger charge is -2.36. The summed E-state index contributed by atoms with van der Waals surface area (Å²) in [5.74, 6) is -0.380. The monoisotopic (exact) mass is 485 g/mol. The van der Waals surface area contributed by atoms with Crippen LogP contribution in [-0.2, 0) is 9.53 Å². The first kappa shape index (κ1) is 26.3. The van der Waals surface area contributed by atoms with E-state index in [1.54, 1.807) is 19.1 Å². The normalized spacial score (nSPS) is 25.1. The number of likely N-dealkylation sites (N-methyl/N-ethyl adjacent to an activating group) is 1. The first-order valence-corrected chi connectivity index (χ1v) is 11.6. The van der Waals surface area contributed by atoms with Crippen molar-refractivity contribution < 1.29 is 32.2 Å². The van der Waals surface area contributed by atoms with Gasteiger partial charge < -0.3 is 19.7 Å². The van der Waals surface area contributed by atoms with Crippen molar-refractivity contribution >= 4 is 17.5 Å². The van der Waals surface area contributed by atoms with Crippen LogP contribution in [0.1, 0.15) is 43.5 Å². The van der Waals surface area contributed by atoms with Gasteiger partial charge in [0.1, 0.15) is 18.8 Å². The van der Waals surface area contributed by atoms with Crippen molar-refractivity contribution in [2.24, 2.45) is 11.8 Å². The predicted octanol–water partition coefficient (Wildman–Crippen LogP) is 3.79. The van der Waals surface area contributed by atoms with Crippen LogP contribution in [0.2, 0.25) is 0 Å². The molecule has 1 heterocycles. The molecule has 1 aliphatic carbocycles. The molecule has 1 fully saturated rings. The molecule has 1 N–H and O–H groups in total. The Morgan fingerprint density at radius 3 is 2.56 bits per heavy atom. The molecule has 1 aromatic rings. The second kappa shape index (κ2) is 10.9. The van der Waals surface area contributed by atoms with Gasteiger partial charge in [-0.3, -0.25) is 14.5 Å². The van der Waals surface area contributed by atoms with Crippen LogP contribution >= 0.6 is 0 Å². The van der Waals surface area contributed by atoms with Crippen LogP contribution in [-0.4, -0.2) is 80.3 Å². The second-order valence-corrected chi connectivity index (χ2v) is 9.55. The highest BCUT2D eigenvalue weighted by molar-refractivity contribution is 5.98. The Kier molecular flexibility index (Phi) is 8.46. The van der Waals surface area contributed by atoms with Crippen LogP contribution in [0, 0.1) is 11.8 Å². The Bertz CT molecular complexity index is 876. The van der Waals surface area contributed by atoms with Gasteiger partial charge in [-0.25, -0.2) is 0 Å². The summed E-state index contributed by atoms with van der Waals surface area (Å²) in [6.45, 7) is 6.61. The number of methoxy groups -OCH3 is 1. The molecule has 1 aromatic carbocycles. The maximum absolute atomic E-state index is 13.2. The van der Waals surface area contributed by atoms with E-state index in [4.69, 9.17) is 9.47 Å². The number of rotatable bonds is 5. The number of nitrogens with one attached hydrogen (secondary N) is 1. The molecule has 3 atom stereocenters. The quantitative estimate of drug-likeness (QED) is 0.687.